The second-order valence-corrected chi connectivity index (χ2v) is 6.48. The van der Waals surface area contributed by atoms with Crippen molar-refractivity contribution < 1.29 is 14.3 Å². The highest BCUT2D eigenvalue weighted by Crippen LogP contribution is 2.27. The highest BCUT2D eigenvalue weighted by Gasteiger charge is 2.42. The Labute approximate surface area is 137 Å². The summed E-state index contributed by atoms with van der Waals surface area (Å²) in [6.45, 7) is 4.52. The fourth-order valence-corrected chi connectivity index (χ4v) is 3.46. The van der Waals surface area contributed by atoms with Crippen molar-refractivity contribution >= 4 is 12.0 Å². The predicted molar refractivity (Wildman–Crippen MR) is 86.7 cm³/mol. The molecule has 2 atom stereocenters. The largest absolute Gasteiger partial charge is 0.445 e. The Bertz CT molecular complexity index is 555. The van der Waals surface area contributed by atoms with Crippen molar-refractivity contribution in [1.82, 2.24) is 9.80 Å². The Balaban J connectivity index is 1.62. The van der Waals surface area contributed by atoms with Crippen LogP contribution < -0.4 is 0 Å². The second kappa shape index (κ2) is 7.02. The van der Waals surface area contributed by atoms with Gasteiger partial charge in [0.05, 0.1) is 0 Å². The summed E-state index contributed by atoms with van der Waals surface area (Å²) in [5.41, 5.74) is 0.954. The molecule has 0 aliphatic carbocycles. The molecular formula is C18H24N2O3. The molecule has 0 radical (unpaired) electrons. The van der Waals surface area contributed by atoms with Crippen molar-refractivity contribution in [2.24, 2.45) is 5.92 Å². The Hall–Kier alpha value is -2.04. The molecule has 2 saturated heterocycles. The summed E-state index contributed by atoms with van der Waals surface area (Å²) in [4.78, 5) is 28.7. The van der Waals surface area contributed by atoms with Crippen LogP contribution >= 0.6 is 0 Å². The fraction of sp³-hybridized carbons (Fsp3) is 0.556. The number of carbonyl (C=O) groups excluding carboxylic acids is 2. The van der Waals surface area contributed by atoms with E-state index in [0.717, 1.165) is 37.9 Å². The average molecular weight is 316 g/mol. The minimum atomic E-state index is -0.379. The van der Waals surface area contributed by atoms with Gasteiger partial charge in [0.15, 0.2) is 0 Å². The van der Waals surface area contributed by atoms with E-state index in [9.17, 15) is 9.59 Å². The molecule has 0 N–H and O–H groups in total. The summed E-state index contributed by atoms with van der Waals surface area (Å²) >= 11 is 0. The van der Waals surface area contributed by atoms with Crippen molar-refractivity contribution in [2.75, 3.05) is 19.6 Å². The van der Waals surface area contributed by atoms with Crippen LogP contribution in [0.5, 0.6) is 0 Å². The minimum Gasteiger partial charge on any atom is -0.445 e. The zero-order valence-electron chi connectivity index (χ0n) is 13.6. The lowest BCUT2D eigenvalue weighted by molar-refractivity contribution is -0.135. The van der Waals surface area contributed by atoms with Crippen LogP contribution in [-0.2, 0) is 16.1 Å². The van der Waals surface area contributed by atoms with Crippen LogP contribution in [0.25, 0.3) is 0 Å². The molecule has 1 aromatic carbocycles. The molecule has 5 heteroatoms. The molecule has 2 amide bonds. The maximum Gasteiger partial charge on any atom is 0.410 e. The third kappa shape index (κ3) is 3.49. The molecule has 23 heavy (non-hydrogen) atoms. The third-order valence-corrected chi connectivity index (χ3v) is 4.81. The summed E-state index contributed by atoms with van der Waals surface area (Å²) in [5, 5.41) is 0. The van der Waals surface area contributed by atoms with E-state index in [1.165, 1.54) is 0 Å². The topological polar surface area (TPSA) is 49.9 Å². The SMILES string of the molecule is C[C@H]1CCN(C(=O)OCc2ccccc2)[C@@H]1C(=O)N1CCCC1. The van der Waals surface area contributed by atoms with Gasteiger partial charge in [-0.3, -0.25) is 9.69 Å². The number of nitrogens with zero attached hydrogens (tertiary/aromatic N) is 2. The van der Waals surface area contributed by atoms with Crippen molar-refractivity contribution in [3.63, 3.8) is 0 Å². The molecule has 0 aromatic heterocycles. The molecule has 3 rings (SSSR count). The molecular weight excluding hydrogens is 292 g/mol. The van der Waals surface area contributed by atoms with Crippen LogP contribution in [0, 0.1) is 5.92 Å². The molecule has 0 bridgehead atoms. The quantitative estimate of drug-likeness (QED) is 0.861. The lowest BCUT2D eigenvalue weighted by Gasteiger charge is -2.29. The predicted octanol–water partition coefficient (Wildman–Crippen LogP) is 2.66. The molecule has 2 aliphatic rings. The van der Waals surface area contributed by atoms with Crippen LogP contribution in [0.4, 0.5) is 4.79 Å². The van der Waals surface area contributed by atoms with E-state index < -0.39 is 0 Å². The molecule has 1 aromatic rings. The molecule has 0 saturated carbocycles. The van der Waals surface area contributed by atoms with E-state index in [2.05, 4.69) is 0 Å². The number of ether oxygens (including phenoxy) is 1. The first-order valence-corrected chi connectivity index (χ1v) is 8.43. The molecule has 124 valence electrons. The van der Waals surface area contributed by atoms with Gasteiger partial charge in [0, 0.05) is 19.6 Å². The normalized spacial score (nSPS) is 24.0. The summed E-state index contributed by atoms with van der Waals surface area (Å²) in [5.74, 6) is 0.275. The van der Waals surface area contributed by atoms with Gasteiger partial charge >= 0.3 is 6.09 Å². The smallest absolute Gasteiger partial charge is 0.410 e. The number of hydrogen-bond acceptors (Lipinski definition) is 3. The van der Waals surface area contributed by atoms with Gasteiger partial charge in [0.2, 0.25) is 5.91 Å². The lowest BCUT2D eigenvalue weighted by atomic mass is 10.0. The summed E-state index contributed by atoms with van der Waals surface area (Å²) < 4.78 is 5.42. The van der Waals surface area contributed by atoms with E-state index in [0.29, 0.717) is 6.54 Å². The minimum absolute atomic E-state index is 0.0872. The molecule has 2 fully saturated rings. The number of benzene rings is 1. The van der Waals surface area contributed by atoms with Gasteiger partial charge in [-0.2, -0.15) is 0 Å². The van der Waals surface area contributed by atoms with Gasteiger partial charge in [0.1, 0.15) is 12.6 Å². The summed E-state index contributed by atoms with van der Waals surface area (Å²) in [7, 11) is 0. The van der Waals surface area contributed by atoms with Crippen LogP contribution in [0.1, 0.15) is 31.7 Å². The number of amides is 2. The maximum atomic E-state index is 12.7. The van der Waals surface area contributed by atoms with Crippen molar-refractivity contribution in [1.29, 1.82) is 0 Å². The molecule has 5 nitrogen and oxygen atoms in total. The van der Waals surface area contributed by atoms with Crippen LogP contribution in [-0.4, -0.2) is 47.5 Å². The number of likely N-dealkylation sites (tertiary alicyclic amines) is 2. The molecule has 2 aliphatic heterocycles. The van der Waals surface area contributed by atoms with Crippen LogP contribution in [0.15, 0.2) is 30.3 Å². The van der Waals surface area contributed by atoms with E-state index >= 15 is 0 Å². The molecule has 2 heterocycles. The lowest BCUT2D eigenvalue weighted by Crippen LogP contribution is -2.49. The zero-order chi connectivity index (χ0) is 16.2. The molecule has 0 unspecified atom stereocenters. The Morgan fingerprint density at radius 2 is 1.83 bits per heavy atom. The summed E-state index contributed by atoms with van der Waals surface area (Å²) in [6, 6.07) is 9.25. The number of hydrogen-bond donors (Lipinski definition) is 0. The van der Waals surface area contributed by atoms with E-state index in [1.807, 2.05) is 42.2 Å². The Morgan fingerprint density at radius 1 is 1.13 bits per heavy atom. The first-order chi connectivity index (χ1) is 11.2. The first-order valence-electron chi connectivity index (χ1n) is 8.43. The monoisotopic (exact) mass is 316 g/mol. The highest BCUT2D eigenvalue weighted by molar-refractivity contribution is 5.86. The van der Waals surface area contributed by atoms with Gasteiger partial charge in [-0.25, -0.2) is 4.79 Å². The van der Waals surface area contributed by atoms with Crippen molar-refractivity contribution in [3.8, 4) is 0 Å². The Kier molecular flexibility index (Phi) is 4.84. The van der Waals surface area contributed by atoms with Crippen molar-refractivity contribution in [2.45, 2.75) is 38.8 Å². The zero-order valence-corrected chi connectivity index (χ0v) is 13.6. The standard InChI is InChI=1S/C18H24N2O3/c1-14-9-12-20(16(14)17(21)19-10-5-6-11-19)18(22)23-13-15-7-3-2-4-8-15/h2-4,7-8,14,16H,5-6,9-13H2,1H3/t14-,16-/m0/s1. The summed E-state index contributed by atoms with van der Waals surface area (Å²) in [6.07, 6.45) is 2.59. The van der Waals surface area contributed by atoms with E-state index in [4.69, 9.17) is 4.74 Å². The molecule has 0 spiro atoms. The number of carbonyl (C=O) groups is 2. The van der Waals surface area contributed by atoms with Crippen LogP contribution in [0.3, 0.4) is 0 Å². The van der Waals surface area contributed by atoms with Gasteiger partial charge in [-0.15, -0.1) is 0 Å². The van der Waals surface area contributed by atoms with Crippen molar-refractivity contribution in [3.05, 3.63) is 35.9 Å². The maximum absolute atomic E-state index is 12.7. The van der Waals surface area contributed by atoms with Gasteiger partial charge < -0.3 is 9.64 Å². The number of rotatable bonds is 3. The first kappa shape index (κ1) is 15.8. The third-order valence-electron chi connectivity index (χ3n) is 4.81. The van der Waals surface area contributed by atoms with E-state index in [1.54, 1.807) is 4.90 Å². The average Bonchev–Trinajstić information content (AvgIpc) is 3.23. The highest BCUT2D eigenvalue weighted by atomic mass is 16.6. The fourth-order valence-electron chi connectivity index (χ4n) is 3.46. The second-order valence-electron chi connectivity index (χ2n) is 6.48. The van der Waals surface area contributed by atoms with Gasteiger partial charge in [0.25, 0.3) is 0 Å². The van der Waals surface area contributed by atoms with E-state index in [-0.39, 0.29) is 30.6 Å². The van der Waals surface area contributed by atoms with Crippen LogP contribution in [0.2, 0.25) is 0 Å². The van der Waals surface area contributed by atoms with Gasteiger partial charge in [-0.05, 0) is 30.7 Å². The Morgan fingerprint density at radius 3 is 2.52 bits per heavy atom. The van der Waals surface area contributed by atoms with Gasteiger partial charge in [-0.1, -0.05) is 37.3 Å².